The van der Waals surface area contributed by atoms with Gasteiger partial charge in [0.05, 0.1) is 0 Å². The van der Waals surface area contributed by atoms with Gasteiger partial charge in [0.25, 0.3) is 0 Å². The smallest absolute Gasteiger partial charge is 0.219 e. The Morgan fingerprint density at radius 2 is 1.95 bits per heavy atom. The molecule has 1 aromatic heterocycles. The number of nitrogens with one attached hydrogen (secondary N) is 1. The maximum Gasteiger partial charge on any atom is 0.219 e. The molecule has 0 bridgehead atoms. The normalized spacial score (nSPS) is 10.9. The second-order valence-corrected chi connectivity index (χ2v) is 5.49. The number of hydrogen-bond acceptors (Lipinski definition) is 3. The highest BCUT2D eigenvalue weighted by molar-refractivity contribution is 5.37. The first-order valence-corrected chi connectivity index (χ1v) is 7.55. The van der Waals surface area contributed by atoms with Crippen molar-refractivity contribution in [3.63, 3.8) is 0 Å². The first kappa shape index (κ1) is 15.5. The van der Waals surface area contributed by atoms with Crippen LogP contribution in [0, 0.1) is 0 Å². The van der Waals surface area contributed by atoms with Crippen molar-refractivity contribution in [3.8, 4) is 11.6 Å². The van der Waals surface area contributed by atoms with Crippen molar-refractivity contribution in [2.24, 2.45) is 0 Å². The number of aromatic nitrogens is 1. The molecule has 0 aliphatic heterocycles. The van der Waals surface area contributed by atoms with Crippen LogP contribution in [0.4, 0.5) is 0 Å². The predicted molar refractivity (Wildman–Crippen MR) is 87.0 cm³/mol. The van der Waals surface area contributed by atoms with Crippen molar-refractivity contribution in [2.75, 3.05) is 7.05 Å². The van der Waals surface area contributed by atoms with Gasteiger partial charge in [-0.2, -0.15) is 0 Å². The molecule has 0 fully saturated rings. The van der Waals surface area contributed by atoms with Gasteiger partial charge < -0.3 is 10.1 Å². The highest BCUT2D eigenvalue weighted by Crippen LogP contribution is 2.26. The summed E-state index contributed by atoms with van der Waals surface area (Å²) in [6.45, 7) is 7.24. The number of ether oxygens (including phenoxy) is 1. The standard InChI is InChI=1S/C18H24N2O/c1-5-15-8-6-7-9-17(15)21-18-11-14(12-19-4)10-16(20-18)13(2)3/h6-11,13,19H,5,12H2,1-4H3. The van der Waals surface area contributed by atoms with E-state index < -0.39 is 0 Å². The van der Waals surface area contributed by atoms with E-state index in [1.54, 1.807) is 0 Å². The van der Waals surface area contributed by atoms with Crippen LogP contribution in [-0.2, 0) is 13.0 Å². The summed E-state index contributed by atoms with van der Waals surface area (Å²) in [4.78, 5) is 4.64. The van der Waals surface area contributed by atoms with Gasteiger partial charge in [0.1, 0.15) is 5.75 Å². The summed E-state index contributed by atoms with van der Waals surface area (Å²) < 4.78 is 6.04. The number of para-hydroxylation sites is 1. The second kappa shape index (κ2) is 7.23. The van der Waals surface area contributed by atoms with Gasteiger partial charge in [-0.15, -0.1) is 0 Å². The van der Waals surface area contributed by atoms with E-state index in [0.717, 1.165) is 24.4 Å². The van der Waals surface area contributed by atoms with Crippen LogP contribution in [0.15, 0.2) is 36.4 Å². The summed E-state index contributed by atoms with van der Waals surface area (Å²) in [5.41, 5.74) is 3.45. The van der Waals surface area contributed by atoms with Crippen LogP contribution < -0.4 is 10.1 Å². The quantitative estimate of drug-likeness (QED) is 0.859. The molecule has 0 radical (unpaired) electrons. The zero-order valence-corrected chi connectivity index (χ0v) is 13.3. The minimum Gasteiger partial charge on any atom is -0.439 e. The first-order chi connectivity index (χ1) is 10.1. The minimum absolute atomic E-state index is 0.380. The lowest BCUT2D eigenvalue weighted by atomic mass is 10.1. The summed E-state index contributed by atoms with van der Waals surface area (Å²) in [7, 11) is 1.95. The Bertz CT molecular complexity index is 594. The molecule has 0 spiro atoms. The van der Waals surface area contributed by atoms with E-state index in [1.807, 2.05) is 31.3 Å². The molecule has 0 atom stereocenters. The van der Waals surface area contributed by atoms with E-state index >= 15 is 0 Å². The zero-order chi connectivity index (χ0) is 15.2. The molecule has 0 unspecified atom stereocenters. The summed E-state index contributed by atoms with van der Waals surface area (Å²) >= 11 is 0. The SMILES string of the molecule is CCc1ccccc1Oc1cc(CNC)cc(C(C)C)n1. The van der Waals surface area contributed by atoms with Crippen LogP contribution in [0.2, 0.25) is 0 Å². The summed E-state index contributed by atoms with van der Waals surface area (Å²) in [5.74, 6) is 1.95. The third-order valence-corrected chi connectivity index (χ3v) is 3.42. The van der Waals surface area contributed by atoms with Crippen molar-refractivity contribution in [2.45, 2.75) is 39.7 Å². The van der Waals surface area contributed by atoms with Gasteiger partial charge in [-0.1, -0.05) is 39.0 Å². The predicted octanol–water partition coefficient (Wildman–Crippen LogP) is 4.28. The van der Waals surface area contributed by atoms with Crippen LogP contribution in [0.5, 0.6) is 11.6 Å². The molecule has 3 nitrogen and oxygen atoms in total. The maximum atomic E-state index is 6.04. The Morgan fingerprint density at radius 1 is 1.19 bits per heavy atom. The van der Waals surface area contributed by atoms with Gasteiger partial charge in [-0.25, -0.2) is 4.98 Å². The topological polar surface area (TPSA) is 34.1 Å². The average molecular weight is 284 g/mol. The van der Waals surface area contributed by atoms with E-state index in [2.05, 4.69) is 43.2 Å². The fourth-order valence-corrected chi connectivity index (χ4v) is 2.24. The molecule has 1 N–H and O–H groups in total. The molecular formula is C18H24N2O. The third-order valence-electron chi connectivity index (χ3n) is 3.42. The fourth-order valence-electron chi connectivity index (χ4n) is 2.24. The largest absolute Gasteiger partial charge is 0.439 e. The molecule has 0 saturated carbocycles. The lowest BCUT2D eigenvalue weighted by molar-refractivity contribution is 0.453. The Kier molecular flexibility index (Phi) is 5.34. The van der Waals surface area contributed by atoms with E-state index in [0.29, 0.717) is 11.8 Å². The summed E-state index contributed by atoms with van der Waals surface area (Å²) in [6.07, 6.45) is 0.948. The number of rotatable bonds is 6. The van der Waals surface area contributed by atoms with Gasteiger partial charge in [0.15, 0.2) is 0 Å². The molecule has 21 heavy (non-hydrogen) atoms. The Hall–Kier alpha value is -1.87. The van der Waals surface area contributed by atoms with Gasteiger partial charge in [-0.05, 0) is 42.6 Å². The molecule has 0 aliphatic rings. The number of aryl methyl sites for hydroxylation is 1. The molecule has 1 aromatic carbocycles. The van der Waals surface area contributed by atoms with Crippen molar-refractivity contribution < 1.29 is 4.74 Å². The number of benzene rings is 1. The van der Waals surface area contributed by atoms with E-state index in [-0.39, 0.29) is 0 Å². The molecule has 2 aromatic rings. The van der Waals surface area contributed by atoms with Gasteiger partial charge in [0, 0.05) is 18.3 Å². The van der Waals surface area contributed by atoms with Gasteiger partial charge in [0.2, 0.25) is 5.88 Å². The molecule has 3 heteroatoms. The molecule has 0 amide bonds. The number of pyridine rings is 1. The van der Waals surface area contributed by atoms with Gasteiger partial charge >= 0.3 is 0 Å². The first-order valence-electron chi connectivity index (χ1n) is 7.55. The Labute approximate surface area is 127 Å². The molecule has 112 valence electrons. The van der Waals surface area contributed by atoms with Crippen molar-refractivity contribution in [1.29, 1.82) is 0 Å². The number of hydrogen-bond donors (Lipinski definition) is 1. The lowest BCUT2D eigenvalue weighted by Gasteiger charge is -2.13. The van der Waals surface area contributed by atoms with Gasteiger partial charge in [-0.3, -0.25) is 0 Å². The van der Waals surface area contributed by atoms with Crippen molar-refractivity contribution >= 4 is 0 Å². The zero-order valence-electron chi connectivity index (χ0n) is 13.3. The second-order valence-electron chi connectivity index (χ2n) is 5.49. The van der Waals surface area contributed by atoms with Crippen molar-refractivity contribution in [3.05, 3.63) is 53.2 Å². The molecule has 1 heterocycles. The highest BCUT2D eigenvalue weighted by Gasteiger charge is 2.09. The molecule has 0 aliphatic carbocycles. The van der Waals surface area contributed by atoms with Crippen LogP contribution in [0.1, 0.15) is 43.5 Å². The summed E-state index contributed by atoms with van der Waals surface area (Å²) in [6, 6.07) is 12.3. The minimum atomic E-state index is 0.380. The maximum absolute atomic E-state index is 6.04. The third kappa shape index (κ3) is 4.05. The summed E-state index contributed by atoms with van der Waals surface area (Å²) in [5, 5.41) is 3.18. The van der Waals surface area contributed by atoms with Crippen LogP contribution >= 0.6 is 0 Å². The van der Waals surface area contributed by atoms with Crippen LogP contribution in [0.25, 0.3) is 0 Å². The Balaban J connectivity index is 2.34. The van der Waals surface area contributed by atoms with E-state index in [1.165, 1.54) is 11.1 Å². The van der Waals surface area contributed by atoms with E-state index in [4.69, 9.17) is 4.74 Å². The van der Waals surface area contributed by atoms with Crippen LogP contribution in [-0.4, -0.2) is 12.0 Å². The molecular weight excluding hydrogens is 260 g/mol. The van der Waals surface area contributed by atoms with E-state index in [9.17, 15) is 0 Å². The van der Waals surface area contributed by atoms with Crippen molar-refractivity contribution in [1.82, 2.24) is 10.3 Å². The highest BCUT2D eigenvalue weighted by atomic mass is 16.5. The monoisotopic (exact) mass is 284 g/mol. The fraction of sp³-hybridized carbons (Fsp3) is 0.389. The molecule has 2 rings (SSSR count). The lowest BCUT2D eigenvalue weighted by Crippen LogP contribution is -2.07. The Morgan fingerprint density at radius 3 is 2.62 bits per heavy atom. The average Bonchev–Trinajstić information content (AvgIpc) is 2.48. The molecule has 0 saturated heterocycles. The van der Waals surface area contributed by atoms with Crippen LogP contribution in [0.3, 0.4) is 0 Å². The number of nitrogens with zero attached hydrogens (tertiary/aromatic N) is 1.